The van der Waals surface area contributed by atoms with Crippen LogP contribution in [0.2, 0.25) is 5.02 Å². The van der Waals surface area contributed by atoms with Gasteiger partial charge in [-0.05, 0) is 49.2 Å². The van der Waals surface area contributed by atoms with E-state index in [0.717, 1.165) is 12.8 Å². The van der Waals surface area contributed by atoms with Gasteiger partial charge in [0, 0.05) is 29.6 Å². The average Bonchev–Trinajstić information content (AvgIpc) is 2.62. The lowest BCUT2D eigenvalue weighted by Gasteiger charge is -2.32. The van der Waals surface area contributed by atoms with E-state index < -0.39 is 5.82 Å². The molecule has 24 heavy (non-hydrogen) atoms. The Morgan fingerprint density at radius 1 is 1.08 bits per heavy atom. The summed E-state index contributed by atoms with van der Waals surface area (Å²) in [6.07, 6.45) is 1.45. The summed E-state index contributed by atoms with van der Waals surface area (Å²) in [6.45, 7) is 0.853. The van der Waals surface area contributed by atoms with E-state index in [1.807, 2.05) is 0 Å². The van der Waals surface area contributed by atoms with Gasteiger partial charge in [0.2, 0.25) is 0 Å². The fraction of sp³-hybridized carbons (Fsp3) is 0.263. The molecule has 1 aliphatic rings. The third kappa shape index (κ3) is 3.49. The van der Waals surface area contributed by atoms with E-state index in [4.69, 9.17) is 11.6 Å². The van der Waals surface area contributed by atoms with Crippen LogP contribution >= 0.6 is 11.6 Å². The van der Waals surface area contributed by atoms with Crippen molar-refractivity contribution >= 4 is 23.3 Å². The molecular weight excluding hydrogens is 329 g/mol. The Bertz CT molecular complexity index is 760. The molecule has 1 heterocycles. The van der Waals surface area contributed by atoms with Crippen molar-refractivity contribution in [2.45, 2.75) is 12.8 Å². The number of carbonyl (C=O) groups excluding carboxylic acids is 2. The predicted octanol–water partition coefficient (Wildman–Crippen LogP) is 4.21. The maximum atomic E-state index is 13.8. The summed E-state index contributed by atoms with van der Waals surface area (Å²) < 4.78 is 13.8. The van der Waals surface area contributed by atoms with Gasteiger partial charge >= 0.3 is 0 Å². The van der Waals surface area contributed by atoms with Crippen molar-refractivity contribution in [2.75, 3.05) is 13.1 Å². The number of amides is 1. The Labute approximate surface area is 145 Å². The summed E-state index contributed by atoms with van der Waals surface area (Å²) >= 11 is 5.85. The van der Waals surface area contributed by atoms with E-state index in [0.29, 0.717) is 23.7 Å². The molecule has 2 aromatic carbocycles. The number of carbonyl (C=O) groups is 2. The monoisotopic (exact) mass is 345 g/mol. The Balaban J connectivity index is 1.74. The molecule has 124 valence electrons. The van der Waals surface area contributed by atoms with Crippen LogP contribution < -0.4 is 0 Å². The lowest BCUT2D eigenvalue weighted by Crippen LogP contribution is -2.42. The lowest BCUT2D eigenvalue weighted by molar-refractivity contribution is 0.0633. The topological polar surface area (TPSA) is 37.4 Å². The smallest absolute Gasteiger partial charge is 0.256 e. The maximum Gasteiger partial charge on any atom is 0.256 e. The molecule has 0 N–H and O–H groups in total. The zero-order valence-electron chi connectivity index (χ0n) is 13.0. The van der Waals surface area contributed by atoms with Crippen LogP contribution in [-0.2, 0) is 0 Å². The summed E-state index contributed by atoms with van der Waals surface area (Å²) in [6, 6.07) is 12.7. The van der Waals surface area contributed by atoms with Gasteiger partial charge in [0.25, 0.3) is 5.91 Å². The Morgan fingerprint density at radius 3 is 2.50 bits per heavy atom. The van der Waals surface area contributed by atoms with Gasteiger partial charge < -0.3 is 4.90 Å². The highest BCUT2D eigenvalue weighted by Gasteiger charge is 2.30. The summed E-state index contributed by atoms with van der Waals surface area (Å²) in [7, 11) is 0. The number of hydrogen-bond acceptors (Lipinski definition) is 2. The first-order valence-electron chi connectivity index (χ1n) is 7.90. The van der Waals surface area contributed by atoms with Crippen molar-refractivity contribution in [3.63, 3.8) is 0 Å². The first-order chi connectivity index (χ1) is 11.6. The van der Waals surface area contributed by atoms with Crippen LogP contribution in [0.5, 0.6) is 0 Å². The first-order valence-corrected chi connectivity index (χ1v) is 8.27. The molecule has 5 heteroatoms. The highest BCUT2D eigenvalue weighted by molar-refractivity contribution is 6.30. The van der Waals surface area contributed by atoms with Crippen molar-refractivity contribution in [3.05, 3.63) is 70.5 Å². The van der Waals surface area contributed by atoms with Crippen LogP contribution in [0, 0.1) is 11.7 Å². The van der Waals surface area contributed by atoms with Crippen LogP contribution in [0.4, 0.5) is 4.39 Å². The van der Waals surface area contributed by atoms with Crippen LogP contribution in [0.1, 0.15) is 33.6 Å². The summed E-state index contributed by atoms with van der Waals surface area (Å²) in [5, 5.41) is 0.576. The van der Waals surface area contributed by atoms with Gasteiger partial charge in [0.15, 0.2) is 5.78 Å². The molecule has 3 nitrogen and oxygen atoms in total. The molecular formula is C19H17ClFNO2. The number of nitrogens with zero attached hydrogens (tertiary/aromatic N) is 1. The fourth-order valence-corrected chi connectivity index (χ4v) is 3.16. The van der Waals surface area contributed by atoms with Crippen LogP contribution in [-0.4, -0.2) is 29.7 Å². The Kier molecular flexibility index (Phi) is 4.95. The minimum atomic E-state index is -0.534. The van der Waals surface area contributed by atoms with E-state index in [2.05, 4.69) is 0 Å². The number of rotatable bonds is 3. The van der Waals surface area contributed by atoms with Crippen molar-refractivity contribution in [3.8, 4) is 0 Å². The van der Waals surface area contributed by atoms with Crippen molar-refractivity contribution in [1.29, 1.82) is 0 Å². The zero-order valence-corrected chi connectivity index (χ0v) is 13.8. The molecule has 0 aliphatic carbocycles. The second-order valence-corrected chi connectivity index (χ2v) is 6.38. The Hall–Kier alpha value is -2.20. The standard InChI is InChI=1S/C19H17ClFNO2/c20-15-9-7-13(8-10-15)18(23)14-4-3-11-22(12-14)19(24)16-5-1-2-6-17(16)21/h1-2,5-10,14H,3-4,11-12H2. The molecule has 1 saturated heterocycles. The molecule has 1 unspecified atom stereocenters. The van der Waals surface area contributed by atoms with E-state index >= 15 is 0 Å². The largest absolute Gasteiger partial charge is 0.338 e. The van der Waals surface area contributed by atoms with E-state index in [9.17, 15) is 14.0 Å². The molecule has 1 aliphatic heterocycles. The molecule has 2 aromatic rings. The van der Waals surface area contributed by atoms with Gasteiger partial charge in [-0.2, -0.15) is 0 Å². The van der Waals surface area contributed by atoms with E-state index in [-0.39, 0.29) is 23.2 Å². The molecule has 1 amide bonds. The molecule has 1 fully saturated rings. The number of hydrogen-bond donors (Lipinski definition) is 0. The summed E-state index contributed by atoms with van der Waals surface area (Å²) in [5.74, 6) is -1.16. The average molecular weight is 346 g/mol. The summed E-state index contributed by atoms with van der Waals surface area (Å²) in [4.78, 5) is 26.7. The van der Waals surface area contributed by atoms with Gasteiger partial charge in [-0.1, -0.05) is 23.7 Å². The number of piperidine rings is 1. The molecule has 1 atom stereocenters. The molecule has 0 spiro atoms. The minimum absolute atomic E-state index is 0.00213. The van der Waals surface area contributed by atoms with E-state index in [1.54, 1.807) is 41.3 Å². The second kappa shape index (κ2) is 7.14. The number of halogens is 2. The van der Waals surface area contributed by atoms with Gasteiger partial charge in [-0.15, -0.1) is 0 Å². The number of Topliss-reactive ketones (excluding diaryl/α,β-unsaturated/α-hetero) is 1. The van der Waals surface area contributed by atoms with Gasteiger partial charge in [0.1, 0.15) is 5.82 Å². The number of ketones is 1. The molecule has 0 bridgehead atoms. The SMILES string of the molecule is O=C(c1ccc(Cl)cc1)C1CCCN(C(=O)c2ccccc2F)C1. The second-order valence-electron chi connectivity index (χ2n) is 5.94. The maximum absolute atomic E-state index is 13.8. The highest BCUT2D eigenvalue weighted by atomic mass is 35.5. The lowest BCUT2D eigenvalue weighted by atomic mass is 9.89. The van der Waals surface area contributed by atoms with Gasteiger partial charge in [-0.3, -0.25) is 9.59 Å². The van der Waals surface area contributed by atoms with Crippen molar-refractivity contribution < 1.29 is 14.0 Å². The minimum Gasteiger partial charge on any atom is -0.338 e. The van der Waals surface area contributed by atoms with E-state index in [1.165, 1.54) is 12.1 Å². The number of likely N-dealkylation sites (tertiary alicyclic amines) is 1. The normalized spacial score (nSPS) is 17.6. The molecule has 0 radical (unpaired) electrons. The predicted molar refractivity (Wildman–Crippen MR) is 90.8 cm³/mol. The fourth-order valence-electron chi connectivity index (χ4n) is 3.03. The Morgan fingerprint density at radius 2 is 1.79 bits per heavy atom. The quantitative estimate of drug-likeness (QED) is 0.781. The zero-order chi connectivity index (χ0) is 17.1. The third-order valence-corrected chi connectivity index (χ3v) is 4.56. The summed E-state index contributed by atoms with van der Waals surface area (Å²) in [5.41, 5.74) is 0.640. The number of benzene rings is 2. The van der Waals surface area contributed by atoms with Crippen LogP contribution in [0.15, 0.2) is 48.5 Å². The third-order valence-electron chi connectivity index (χ3n) is 4.31. The first kappa shape index (κ1) is 16.7. The van der Waals surface area contributed by atoms with Crippen LogP contribution in [0.25, 0.3) is 0 Å². The molecule has 3 rings (SSSR count). The van der Waals surface area contributed by atoms with Crippen molar-refractivity contribution in [1.82, 2.24) is 4.90 Å². The molecule has 0 aromatic heterocycles. The van der Waals surface area contributed by atoms with Crippen LogP contribution in [0.3, 0.4) is 0 Å². The van der Waals surface area contributed by atoms with Gasteiger partial charge in [0.05, 0.1) is 5.56 Å². The van der Waals surface area contributed by atoms with Crippen molar-refractivity contribution in [2.24, 2.45) is 5.92 Å². The molecule has 0 saturated carbocycles. The van der Waals surface area contributed by atoms with Gasteiger partial charge in [-0.25, -0.2) is 4.39 Å². The highest BCUT2D eigenvalue weighted by Crippen LogP contribution is 2.23.